The third kappa shape index (κ3) is 5.20. The number of nitro groups is 2. The molecule has 0 spiro atoms. The quantitative estimate of drug-likeness (QED) is 0.191. The van der Waals surface area contributed by atoms with Crippen LogP contribution in [0.1, 0.15) is 22.3 Å². The summed E-state index contributed by atoms with van der Waals surface area (Å²) in [6.45, 7) is 1.70. The molecule has 0 atom stereocenters. The number of aliphatic imine (C=N–C) groups is 1. The molecule has 0 radical (unpaired) electrons. The van der Waals surface area contributed by atoms with Gasteiger partial charge < -0.3 is 14.2 Å². The number of hydrogen-bond acceptors (Lipinski definition) is 9. The van der Waals surface area contributed by atoms with Crippen molar-refractivity contribution in [3.05, 3.63) is 109 Å². The summed E-state index contributed by atoms with van der Waals surface area (Å²) in [6.07, 6.45) is 1.49. The predicted molar refractivity (Wildman–Crippen MR) is 129 cm³/mol. The Labute approximate surface area is 204 Å². The number of methoxy groups -OCH3 is 1. The molecule has 0 aromatic heterocycles. The van der Waals surface area contributed by atoms with Crippen LogP contribution in [0.4, 0.5) is 11.4 Å². The highest BCUT2D eigenvalue weighted by Crippen LogP contribution is 2.31. The van der Waals surface area contributed by atoms with Crippen LogP contribution >= 0.6 is 0 Å². The van der Waals surface area contributed by atoms with E-state index in [4.69, 9.17) is 14.2 Å². The maximum Gasteiger partial charge on any atom is 0.363 e. The van der Waals surface area contributed by atoms with E-state index >= 15 is 0 Å². The van der Waals surface area contributed by atoms with Gasteiger partial charge in [0.1, 0.15) is 6.61 Å². The van der Waals surface area contributed by atoms with Crippen molar-refractivity contribution in [2.24, 2.45) is 4.99 Å². The second-order valence-corrected chi connectivity index (χ2v) is 7.72. The van der Waals surface area contributed by atoms with E-state index in [2.05, 4.69) is 4.99 Å². The monoisotopic (exact) mass is 489 g/mol. The Bertz CT molecular complexity index is 1440. The van der Waals surface area contributed by atoms with Crippen molar-refractivity contribution in [3.8, 4) is 11.5 Å². The molecule has 0 saturated heterocycles. The van der Waals surface area contributed by atoms with E-state index in [1.807, 2.05) is 0 Å². The van der Waals surface area contributed by atoms with Crippen molar-refractivity contribution >= 4 is 29.3 Å². The Morgan fingerprint density at radius 1 is 1.00 bits per heavy atom. The molecule has 11 heteroatoms. The molecular formula is C25H19N3O8. The first-order valence-electron chi connectivity index (χ1n) is 10.6. The lowest BCUT2D eigenvalue weighted by Crippen LogP contribution is -2.06. The average Bonchev–Trinajstić information content (AvgIpc) is 3.23. The Morgan fingerprint density at radius 2 is 1.81 bits per heavy atom. The van der Waals surface area contributed by atoms with Gasteiger partial charge in [0, 0.05) is 29.3 Å². The van der Waals surface area contributed by atoms with Crippen LogP contribution < -0.4 is 9.47 Å². The molecule has 0 amide bonds. The minimum atomic E-state index is -0.696. The SMILES string of the molecule is COc1cc(/C=C2\N=C(c3ccc(C)c([N+](=O)[O-])c3)OC2=O)ccc1OCc1cccc([N+](=O)[O-])c1. The molecule has 3 aromatic carbocycles. The van der Waals surface area contributed by atoms with Gasteiger partial charge >= 0.3 is 5.97 Å². The normalized spacial score (nSPS) is 13.8. The molecule has 0 saturated carbocycles. The second-order valence-electron chi connectivity index (χ2n) is 7.72. The first kappa shape index (κ1) is 24.1. The van der Waals surface area contributed by atoms with E-state index in [1.165, 1.54) is 31.4 Å². The van der Waals surface area contributed by atoms with Gasteiger partial charge in [-0.05, 0) is 42.3 Å². The molecule has 1 aliphatic rings. The molecule has 0 unspecified atom stereocenters. The Balaban J connectivity index is 1.55. The van der Waals surface area contributed by atoms with Gasteiger partial charge in [0.05, 0.1) is 17.0 Å². The van der Waals surface area contributed by atoms with Gasteiger partial charge in [-0.15, -0.1) is 0 Å². The first-order valence-corrected chi connectivity index (χ1v) is 10.6. The van der Waals surface area contributed by atoms with Crippen molar-refractivity contribution in [1.29, 1.82) is 0 Å². The molecular weight excluding hydrogens is 470 g/mol. The topological polar surface area (TPSA) is 143 Å². The summed E-state index contributed by atoms with van der Waals surface area (Å²) in [5.74, 6) is 0.0484. The summed E-state index contributed by atoms with van der Waals surface area (Å²) in [7, 11) is 1.46. The fraction of sp³-hybridized carbons (Fsp3) is 0.120. The van der Waals surface area contributed by atoms with Crippen LogP contribution in [0.2, 0.25) is 0 Å². The lowest BCUT2D eigenvalue weighted by atomic mass is 10.1. The van der Waals surface area contributed by atoms with E-state index in [9.17, 15) is 25.0 Å². The van der Waals surface area contributed by atoms with Gasteiger partial charge in [0.2, 0.25) is 5.90 Å². The maximum atomic E-state index is 12.4. The summed E-state index contributed by atoms with van der Waals surface area (Å²) < 4.78 is 16.4. The molecule has 0 aliphatic carbocycles. The number of benzene rings is 3. The van der Waals surface area contributed by atoms with Gasteiger partial charge in [-0.3, -0.25) is 20.2 Å². The molecule has 1 heterocycles. The van der Waals surface area contributed by atoms with Crippen LogP contribution in [0.3, 0.4) is 0 Å². The van der Waals surface area contributed by atoms with Crippen molar-refractivity contribution in [2.45, 2.75) is 13.5 Å². The van der Waals surface area contributed by atoms with Crippen LogP contribution in [0.15, 0.2) is 71.4 Å². The smallest absolute Gasteiger partial charge is 0.363 e. The zero-order chi connectivity index (χ0) is 25.8. The van der Waals surface area contributed by atoms with Gasteiger partial charge in [-0.2, -0.15) is 0 Å². The van der Waals surface area contributed by atoms with Gasteiger partial charge in [-0.25, -0.2) is 9.79 Å². The Hall–Kier alpha value is -5.06. The summed E-state index contributed by atoms with van der Waals surface area (Å²) in [5, 5.41) is 22.2. The first-order chi connectivity index (χ1) is 17.2. The highest BCUT2D eigenvalue weighted by molar-refractivity contribution is 6.13. The number of carbonyl (C=O) groups excluding carboxylic acids is 1. The van der Waals surface area contributed by atoms with Crippen LogP contribution in [-0.2, 0) is 16.1 Å². The summed E-state index contributed by atoms with van der Waals surface area (Å²) in [5.41, 5.74) is 1.85. The molecule has 182 valence electrons. The lowest BCUT2D eigenvalue weighted by molar-refractivity contribution is -0.385. The lowest BCUT2D eigenvalue weighted by Gasteiger charge is -2.11. The standard InChI is InChI=1S/C25H19N3O8/c1-15-6-8-18(13-21(15)28(32)33)24-26-20(25(29)36-24)11-16-7-9-22(23(12-16)34-2)35-14-17-4-3-5-19(10-17)27(30)31/h3-13H,14H2,1-2H3/b20-11-. The number of hydrogen-bond donors (Lipinski definition) is 0. The van der Waals surface area contributed by atoms with Gasteiger partial charge in [0.25, 0.3) is 11.4 Å². The highest BCUT2D eigenvalue weighted by Gasteiger charge is 2.26. The Kier molecular flexibility index (Phi) is 6.72. The largest absolute Gasteiger partial charge is 0.493 e. The molecule has 11 nitrogen and oxygen atoms in total. The van der Waals surface area contributed by atoms with Gasteiger partial charge in [-0.1, -0.05) is 24.3 Å². The molecule has 36 heavy (non-hydrogen) atoms. The fourth-order valence-electron chi connectivity index (χ4n) is 3.44. The number of aryl methyl sites for hydroxylation is 1. The van der Waals surface area contributed by atoms with Crippen LogP contribution in [0.5, 0.6) is 11.5 Å². The zero-order valence-corrected chi connectivity index (χ0v) is 19.2. The van der Waals surface area contributed by atoms with E-state index < -0.39 is 15.8 Å². The number of esters is 1. The molecule has 4 rings (SSSR count). The van der Waals surface area contributed by atoms with Crippen molar-refractivity contribution in [3.63, 3.8) is 0 Å². The van der Waals surface area contributed by atoms with E-state index in [0.717, 1.165) is 0 Å². The van der Waals surface area contributed by atoms with E-state index in [0.29, 0.717) is 33.8 Å². The number of carbonyl (C=O) groups is 1. The molecule has 1 aliphatic heterocycles. The average molecular weight is 489 g/mol. The van der Waals surface area contributed by atoms with Crippen molar-refractivity contribution in [2.75, 3.05) is 7.11 Å². The number of nitro benzene ring substituents is 2. The third-order valence-electron chi connectivity index (χ3n) is 5.28. The minimum absolute atomic E-state index is 0.0144. The number of cyclic esters (lactones) is 1. The predicted octanol–water partition coefficient (Wildman–Crippen LogP) is 4.74. The number of nitrogens with zero attached hydrogens (tertiary/aromatic N) is 3. The van der Waals surface area contributed by atoms with E-state index in [-0.39, 0.29) is 29.6 Å². The summed E-state index contributed by atoms with van der Waals surface area (Å²) in [6, 6.07) is 15.5. The number of rotatable bonds is 8. The van der Waals surface area contributed by atoms with Gasteiger partial charge in [0.15, 0.2) is 17.2 Å². The maximum absolute atomic E-state index is 12.4. The Morgan fingerprint density at radius 3 is 2.53 bits per heavy atom. The molecule has 0 bridgehead atoms. The zero-order valence-electron chi connectivity index (χ0n) is 19.2. The molecule has 0 fully saturated rings. The van der Waals surface area contributed by atoms with Crippen molar-refractivity contribution < 1.29 is 28.9 Å². The van der Waals surface area contributed by atoms with Crippen molar-refractivity contribution in [1.82, 2.24) is 0 Å². The van der Waals surface area contributed by atoms with Crippen LogP contribution in [0, 0.1) is 27.2 Å². The second kappa shape index (κ2) is 10.1. The van der Waals surface area contributed by atoms with Crippen LogP contribution in [0.25, 0.3) is 6.08 Å². The van der Waals surface area contributed by atoms with E-state index in [1.54, 1.807) is 49.4 Å². The fourth-order valence-corrected chi connectivity index (χ4v) is 3.44. The molecule has 0 N–H and O–H groups in total. The minimum Gasteiger partial charge on any atom is -0.493 e. The third-order valence-corrected chi connectivity index (χ3v) is 5.28. The summed E-state index contributed by atoms with van der Waals surface area (Å²) >= 11 is 0. The molecule has 3 aromatic rings. The number of non-ortho nitro benzene ring substituents is 1. The van der Waals surface area contributed by atoms with Crippen LogP contribution in [-0.4, -0.2) is 28.8 Å². The number of ether oxygens (including phenoxy) is 3. The summed E-state index contributed by atoms with van der Waals surface area (Å²) in [4.78, 5) is 37.7. The highest BCUT2D eigenvalue weighted by atomic mass is 16.6.